The third-order valence-corrected chi connectivity index (χ3v) is 5.79. The monoisotopic (exact) mass is 389 g/mol. The van der Waals surface area contributed by atoms with Gasteiger partial charge < -0.3 is 15.8 Å². The number of fused-ring (bicyclic) bond motifs is 1. The molecule has 0 bridgehead atoms. The number of nitrogens with two attached hydrogens (primary N) is 1. The molecular formula is C18H19N3O5S. The number of primary amides is 1. The lowest BCUT2D eigenvalue weighted by atomic mass is 9.88. The number of hydrogen-bond acceptors (Lipinski definition) is 6. The minimum absolute atomic E-state index is 0.0648. The summed E-state index contributed by atoms with van der Waals surface area (Å²) in [5.74, 6) is -0.562. The van der Waals surface area contributed by atoms with E-state index in [0.717, 1.165) is 35.8 Å². The Hall–Kier alpha value is -2.94. The van der Waals surface area contributed by atoms with Gasteiger partial charge >= 0.3 is 5.69 Å². The van der Waals surface area contributed by atoms with Crippen LogP contribution in [0.15, 0.2) is 18.2 Å². The van der Waals surface area contributed by atoms with Crippen LogP contribution in [-0.2, 0) is 12.8 Å². The summed E-state index contributed by atoms with van der Waals surface area (Å²) < 4.78 is 4.94. The van der Waals surface area contributed by atoms with E-state index in [1.54, 1.807) is 0 Å². The molecule has 0 spiro atoms. The summed E-state index contributed by atoms with van der Waals surface area (Å²) in [6.45, 7) is 2.14. The SMILES string of the molecule is COc1ccc(C(=O)Nc2sc3c(c2C(N)=O)CC[C@H](C)C3)cc1[N+](=O)[O-]. The van der Waals surface area contributed by atoms with Crippen molar-refractivity contribution in [2.45, 2.75) is 26.2 Å². The highest BCUT2D eigenvalue weighted by Gasteiger charge is 2.28. The number of carbonyl (C=O) groups is 2. The molecule has 2 amide bonds. The minimum atomic E-state index is -0.615. The summed E-state index contributed by atoms with van der Waals surface area (Å²) in [6.07, 6.45) is 2.54. The van der Waals surface area contributed by atoms with Gasteiger partial charge in [-0.05, 0) is 42.9 Å². The molecule has 0 unspecified atom stereocenters. The van der Waals surface area contributed by atoms with E-state index in [1.165, 1.54) is 30.6 Å². The molecule has 1 aromatic heterocycles. The molecule has 1 heterocycles. The summed E-state index contributed by atoms with van der Waals surface area (Å²) in [4.78, 5) is 36.2. The highest BCUT2D eigenvalue weighted by molar-refractivity contribution is 7.17. The molecule has 9 heteroatoms. The maximum atomic E-state index is 12.6. The minimum Gasteiger partial charge on any atom is -0.490 e. The third kappa shape index (κ3) is 3.63. The molecule has 3 rings (SSSR count). The van der Waals surface area contributed by atoms with Crippen LogP contribution >= 0.6 is 11.3 Å². The molecule has 27 heavy (non-hydrogen) atoms. The number of benzene rings is 1. The number of thiophene rings is 1. The van der Waals surface area contributed by atoms with Gasteiger partial charge in [0.1, 0.15) is 5.00 Å². The molecule has 1 atom stereocenters. The molecule has 142 valence electrons. The van der Waals surface area contributed by atoms with Crippen molar-refractivity contribution in [1.82, 2.24) is 0 Å². The van der Waals surface area contributed by atoms with Crippen molar-refractivity contribution in [3.05, 3.63) is 49.9 Å². The molecule has 0 aliphatic heterocycles. The zero-order valence-electron chi connectivity index (χ0n) is 14.9. The van der Waals surface area contributed by atoms with Gasteiger partial charge in [0, 0.05) is 16.5 Å². The van der Waals surface area contributed by atoms with Crippen molar-refractivity contribution in [3.8, 4) is 5.75 Å². The normalized spacial score (nSPS) is 15.7. The number of nitrogens with one attached hydrogen (secondary N) is 1. The first-order valence-electron chi connectivity index (χ1n) is 8.40. The molecule has 3 N–H and O–H groups in total. The van der Waals surface area contributed by atoms with Gasteiger partial charge in [-0.15, -0.1) is 11.3 Å². The highest BCUT2D eigenvalue weighted by Crippen LogP contribution is 2.39. The molecule has 0 fully saturated rings. The van der Waals surface area contributed by atoms with Gasteiger partial charge in [-0.25, -0.2) is 0 Å². The van der Waals surface area contributed by atoms with Crippen LogP contribution in [-0.4, -0.2) is 23.8 Å². The van der Waals surface area contributed by atoms with E-state index in [4.69, 9.17) is 10.5 Å². The largest absolute Gasteiger partial charge is 0.490 e. The van der Waals surface area contributed by atoms with E-state index in [0.29, 0.717) is 16.5 Å². The van der Waals surface area contributed by atoms with Gasteiger partial charge in [-0.2, -0.15) is 0 Å². The van der Waals surface area contributed by atoms with Crippen LogP contribution in [0.4, 0.5) is 10.7 Å². The van der Waals surface area contributed by atoms with Crippen LogP contribution in [0.25, 0.3) is 0 Å². The lowest BCUT2D eigenvalue weighted by Gasteiger charge is -2.18. The molecule has 1 aromatic carbocycles. The van der Waals surface area contributed by atoms with E-state index in [2.05, 4.69) is 12.2 Å². The molecular weight excluding hydrogens is 370 g/mol. The van der Waals surface area contributed by atoms with Crippen LogP contribution in [0, 0.1) is 16.0 Å². The Morgan fingerprint density at radius 1 is 1.41 bits per heavy atom. The number of nitro groups is 1. The Kier molecular flexibility index (Phi) is 5.13. The van der Waals surface area contributed by atoms with E-state index in [9.17, 15) is 19.7 Å². The first-order chi connectivity index (χ1) is 12.8. The number of nitro benzene ring substituents is 1. The Bertz CT molecular complexity index is 937. The maximum absolute atomic E-state index is 12.6. The van der Waals surface area contributed by atoms with Crippen molar-refractivity contribution < 1.29 is 19.2 Å². The fraction of sp³-hybridized carbons (Fsp3) is 0.333. The number of rotatable bonds is 5. The molecule has 0 saturated carbocycles. The fourth-order valence-corrected chi connectivity index (χ4v) is 4.66. The molecule has 0 radical (unpaired) electrons. The lowest BCUT2D eigenvalue weighted by molar-refractivity contribution is -0.385. The van der Waals surface area contributed by atoms with Crippen LogP contribution in [0.1, 0.15) is 44.5 Å². The summed E-state index contributed by atoms with van der Waals surface area (Å²) >= 11 is 1.34. The van der Waals surface area contributed by atoms with Crippen LogP contribution < -0.4 is 15.8 Å². The van der Waals surface area contributed by atoms with Gasteiger partial charge in [-0.3, -0.25) is 19.7 Å². The Morgan fingerprint density at radius 3 is 2.78 bits per heavy atom. The molecule has 8 nitrogen and oxygen atoms in total. The number of nitrogens with zero attached hydrogens (tertiary/aromatic N) is 1. The number of methoxy groups -OCH3 is 1. The third-order valence-electron chi connectivity index (χ3n) is 4.62. The number of hydrogen-bond donors (Lipinski definition) is 2. The summed E-state index contributed by atoms with van der Waals surface area (Å²) in [5.41, 5.74) is 6.58. The maximum Gasteiger partial charge on any atom is 0.311 e. The topological polar surface area (TPSA) is 125 Å². The first kappa shape index (κ1) is 18.8. The van der Waals surface area contributed by atoms with Crippen molar-refractivity contribution >= 4 is 33.8 Å². The van der Waals surface area contributed by atoms with Gasteiger partial charge in [0.2, 0.25) is 0 Å². The predicted molar refractivity (Wildman–Crippen MR) is 102 cm³/mol. The smallest absolute Gasteiger partial charge is 0.311 e. The Balaban J connectivity index is 1.94. The molecule has 0 saturated heterocycles. The fourth-order valence-electron chi connectivity index (χ4n) is 3.25. The molecule has 2 aromatic rings. The van der Waals surface area contributed by atoms with E-state index in [-0.39, 0.29) is 17.0 Å². The van der Waals surface area contributed by atoms with Crippen LogP contribution in [0.5, 0.6) is 5.75 Å². The van der Waals surface area contributed by atoms with Crippen molar-refractivity contribution in [1.29, 1.82) is 0 Å². The first-order valence-corrected chi connectivity index (χ1v) is 9.21. The Morgan fingerprint density at radius 2 is 2.15 bits per heavy atom. The number of amides is 2. The predicted octanol–water partition coefficient (Wildman–Crippen LogP) is 3.14. The quantitative estimate of drug-likeness (QED) is 0.600. The van der Waals surface area contributed by atoms with E-state index < -0.39 is 16.7 Å². The summed E-state index contributed by atoms with van der Waals surface area (Å²) in [7, 11) is 1.32. The van der Waals surface area contributed by atoms with E-state index in [1.807, 2.05) is 0 Å². The second kappa shape index (κ2) is 7.36. The van der Waals surface area contributed by atoms with Gasteiger partial charge in [0.15, 0.2) is 5.75 Å². The standard InChI is InChI=1S/C18H19N3O5S/c1-9-3-5-11-14(7-9)27-18(15(11)16(19)22)20-17(23)10-4-6-13(26-2)12(8-10)21(24)25/h4,6,8-9H,3,5,7H2,1-2H3,(H2,19,22)(H,20,23)/t9-/m0/s1. The number of carbonyl (C=O) groups excluding carboxylic acids is 2. The van der Waals surface area contributed by atoms with Crippen LogP contribution in [0.3, 0.4) is 0 Å². The molecule has 1 aliphatic rings. The van der Waals surface area contributed by atoms with Gasteiger partial charge in [0.05, 0.1) is 17.6 Å². The number of anilines is 1. The van der Waals surface area contributed by atoms with Gasteiger partial charge in [0.25, 0.3) is 11.8 Å². The van der Waals surface area contributed by atoms with Crippen LogP contribution in [0.2, 0.25) is 0 Å². The Labute approximate surface area is 159 Å². The van der Waals surface area contributed by atoms with Crippen molar-refractivity contribution in [2.24, 2.45) is 11.7 Å². The molecule has 1 aliphatic carbocycles. The second-order valence-corrected chi connectivity index (χ2v) is 7.62. The number of ether oxygens (including phenoxy) is 1. The second-order valence-electron chi connectivity index (χ2n) is 6.52. The van der Waals surface area contributed by atoms with Crippen molar-refractivity contribution in [2.75, 3.05) is 12.4 Å². The average molecular weight is 389 g/mol. The lowest BCUT2D eigenvalue weighted by Crippen LogP contribution is -2.19. The average Bonchev–Trinajstić information content (AvgIpc) is 2.97. The summed E-state index contributed by atoms with van der Waals surface area (Å²) in [6, 6.07) is 3.94. The summed E-state index contributed by atoms with van der Waals surface area (Å²) in [5, 5.41) is 14.2. The van der Waals surface area contributed by atoms with Gasteiger partial charge in [-0.1, -0.05) is 6.92 Å². The highest BCUT2D eigenvalue weighted by atomic mass is 32.1. The zero-order valence-corrected chi connectivity index (χ0v) is 15.7. The van der Waals surface area contributed by atoms with E-state index >= 15 is 0 Å². The van der Waals surface area contributed by atoms with Crippen molar-refractivity contribution in [3.63, 3.8) is 0 Å². The zero-order chi connectivity index (χ0) is 19.7.